The van der Waals surface area contributed by atoms with Crippen LogP contribution in [0.3, 0.4) is 0 Å². The van der Waals surface area contributed by atoms with E-state index in [4.69, 9.17) is 0 Å². The van der Waals surface area contributed by atoms with E-state index < -0.39 is 5.97 Å². The van der Waals surface area contributed by atoms with Gasteiger partial charge in [0.15, 0.2) is 5.69 Å². The minimum absolute atomic E-state index is 0.0597. The van der Waals surface area contributed by atoms with Crippen LogP contribution in [0.4, 0.5) is 5.95 Å². The first-order valence-electron chi connectivity index (χ1n) is 10.0. The summed E-state index contributed by atoms with van der Waals surface area (Å²) in [6.45, 7) is 5.18. The summed E-state index contributed by atoms with van der Waals surface area (Å²) in [5.41, 5.74) is 4.69. The van der Waals surface area contributed by atoms with E-state index in [0.717, 1.165) is 35.2 Å². The van der Waals surface area contributed by atoms with Gasteiger partial charge in [-0.1, -0.05) is 55.5 Å². The van der Waals surface area contributed by atoms with Gasteiger partial charge in [-0.2, -0.15) is 5.21 Å². The van der Waals surface area contributed by atoms with Gasteiger partial charge in [0.1, 0.15) is 0 Å². The quantitative estimate of drug-likeness (QED) is 0.399. The summed E-state index contributed by atoms with van der Waals surface area (Å²) in [7, 11) is 0. The number of nitrogens with one attached hydrogen (secondary N) is 2. The minimum atomic E-state index is -1.03. The maximum absolute atomic E-state index is 11.3. The molecule has 0 saturated carbocycles. The highest BCUT2D eigenvalue weighted by molar-refractivity contribution is 5.87. The van der Waals surface area contributed by atoms with E-state index >= 15 is 0 Å². The number of aromatic carboxylic acids is 1. The highest BCUT2D eigenvalue weighted by Gasteiger charge is 2.18. The Kier molecular flexibility index (Phi) is 5.74. The lowest BCUT2D eigenvalue weighted by Gasteiger charge is -2.21. The van der Waals surface area contributed by atoms with Gasteiger partial charge in [-0.3, -0.25) is 0 Å². The number of H-pyrrole nitrogens is 2. The van der Waals surface area contributed by atoms with Crippen LogP contribution in [-0.2, 0) is 6.54 Å². The molecule has 2 aromatic heterocycles. The molecule has 0 spiro atoms. The molecular formula is C22H23N7O2. The number of carboxylic acid groups (broad SMARTS) is 1. The molecule has 9 nitrogen and oxygen atoms in total. The van der Waals surface area contributed by atoms with Crippen LogP contribution >= 0.6 is 0 Å². The van der Waals surface area contributed by atoms with E-state index in [1.54, 1.807) is 6.92 Å². The Labute approximate surface area is 179 Å². The fraction of sp³-hybridized carbons (Fsp3) is 0.227. The van der Waals surface area contributed by atoms with Gasteiger partial charge in [0.2, 0.25) is 11.8 Å². The molecule has 2 aromatic carbocycles. The molecule has 9 heteroatoms. The molecule has 0 radical (unpaired) electrons. The Morgan fingerprint density at radius 1 is 1.10 bits per heavy atom. The number of tetrazole rings is 1. The Morgan fingerprint density at radius 3 is 2.45 bits per heavy atom. The monoisotopic (exact) mass is 417 g/mol. The van der Waals surface area contributed by atoms with Crippen molar-refractivity contribution >= 4 is 11.9 Å². The van der Waals surface area contributed by atoms with E-state index in [0.29, 0.717) is 24.0 Å². The normalized spacial score (nSPS) is 10.9. The predicted molar refractivity (Wildman–Crippen MR) is 117 cm³/mol. The fourth-order valence-electron chi connectivity index (χ4n) is 3.55. The van der Waals surface area contributed by atoms with Crippen molar-refractivity contribution < 1.29 is 9.90 Å². The lowest BCUT2D eigenvalue weighted by molar-refractivity contribution is 0.0690. The average molecular weight is 417 g/mol. The number of aryl methyl sites for hydroxylation is 1. The zero-order valence-electron chi connectivity index (χ0n) is 17.3. The van der Waals surface area contributed by atoms with E-state index in [-0.39, 0.29) is 5.69 Å². The smallest absolute Gasteiger partial charge is 0.356 e. The van der Waals surface area contributed by atoms with Gasteiger partial charge < -0.3 is 15.0 Å². The number of anilines is 1. The number of hydrogen-bond acceptors (Lipinski definition) is 6. The van der Waals surface area contributed by atoms with Gasteiger partial charge in [-0.15, -0.1) is 10.2 Å². The maximum atomic E-state index is 11.3. The van der Waals surface area contributed by atoms with Crippen molar-refractivity contribution in [3.05, 3.63) is 65.5 Å². The molecule has 0 aliphatic rings. The molecule has 0 fully saturated rings. The molecule has 4 rings (SSSR count). The largest absolute Gasteiger partial charge is 0.476 e. The van der Waals surface area contributed by atoms with Gasteiger partial charge in [0.25, 0.3) is 0 Å². The molecule has 158 valence electrons. The number of nitrogens with zero attached hydrogens (tertiary/aromatic N) is 5. The lowest BCUT2D eigenvalue weighted by atomic mass is 9.98. The molecule has 0 amide bonds. The van der Waals surface area contributed by atoms with E-state index in [2.05, 4.69) is 66.7 Å². The number of hydrogen-bond donors (Lipinski definition) is 3. The van der Waals surface area contributed by atoms with Gasteiger partial charge in [-0.25, -0.2) is 9.78 Å². The second-order valence-corrected chi connectivity index (χ2v) is 7.24. The highest BCUT2D eigenvalue weighted by atomic mass is 16.4. The number of aromatic nitrogens is 6. The number of imidazole rings is 1. The first-order valence-corrected chi connectivity index (χ1v) is 10.0. The van der Waals surface area contributed by atoms with Crippen molar-refractivity contribution in [2.75, 3.05) is 11.4 Å². The van der Waals surface area contributed by atoms with Gasteiger partial charge in [0.05, 0.1) is 0 Å². The first-order chi connectivity index (χ1) is 15.1. The number of carbonyl (C=O) groups is 1. The Bertz CT molecular complexity index is 1170. The number of rotatable bonds is 8. The average Bonchev–Trinajstić information content (AvgIpc) is 3.44. The van der Waals surface area contributed by atoms with Crippen LogP contribution in [-0.4, -0.2) is 48.2 Å². The van der Waals surface area contributed by atoms with Crippen LogP contribution in [0.5, 0.6) is 0 Å². The molecule has 0 atom stereocenters. The van der Waals surface area contributed by atoms with Crippen molar-refractivity contribution in [1.82, 2.24) is 30.6 Å². The summed E-state index contributed by atoms with van der Waals surface area (Å²) in [6.07, 6.45) is 0.915. The molecule has 0 unspecified atom stereocenters. The summed E-state index contributed by atoms with van der Waals surface area (Å²) in [6, 6.07) is 16.2. The third-order valence-corrected chi connectivity index (χ3v) is 5.02. The Hall–Kier alpha value is -4.01. The van der Waals surface area contributed by atoms with Crippen molar-refractivity contribution in [2.24, 2.45) is 0 Å². The first kappa shape index (κ1) is 20.3. The minimum Gasteiger partial charge on any atom is -0.476 e. The summed E-state index contributed by atoms with van der Waals surface area (Å²) in [5, 5.41) is 23.6. The van der Waals surface area contributed by atoms with Gasteiger partial charge in [-0.05, 0) is 35.2 Å². The molecular weight excluding hydrogens is 394 g/mol. The van der Waals surface area contributed by atoms with Crippen LogP contribution in [0.2, 0.25) is 0 Å². The molecule has 4 aromatic rings. The zero-order chi connectivity index (χ0) is 21.8. The predicted octanol–water partition coefficient (Wildman–Crippen LogP) is 3.68. The van der Waals surface area contributed by atoms with Crippen molar-refractivity contribution in [1.29, 1.82) is 0 Å². The molecule has 0 aliphatic heterocycles. The third-order valence-electron chi connectivity index (χ3n) is 5.02. The maximum Gasteiger partial charge on any atom is 0.356 e. The zero-order valence-corrected chi connectivity index (χ0v) is 17.3. The molecule has 31 heavy (non-hydrogen) atoms. The van der Waals surface area contributed by atoms with Crippen LogP contribution in [0.1, 0.15) is 35.1 Å². The number of benzene rings is 2. The fourth-order valence-corrected chi connectivity index (χ4v) is 3.55. The molecule has 0 bridgehead atoms. The second kappa shape index (κ2) is 8.78. The molecule has 2 heterocycles. The van der Waals surface area contributed by atoms with Crippen molar-refractivity contribution in [2.45, 2.75) is 26.8 Å². The summed E-state index contributed by atoms with van der Waals surface area (Å²) < 4.78 is 0. The number of aromatic amines is 2. The second-order valence-electron chi connectivity index (χ2n) is 7.24. The molecule has 0 aliphatic carbocycles. The number of carboxylic acids is 1. The lowest BCUT2D eigenvalue weighted by Crippen LogP contribution is -2.24. The molecule has 3 N–H and O–H groups in total. The summed E-state index contributed by atoms with van der Waals surface area (Å²) >= 11 is 0. The summed E-state index contributed by atoms with van der Waals surface area (Å²) in [5.74, 6) is 0.0977. The van der Waals surface area contributed by atoms with Crippen LogP contribution in [0.25, 0.3) is 22.5 Å². The topological polar surface area (TPSA) is 124 Å². The van der Waals surface area contributed by atoms with Crippen LogP contribution in [0.15, 0.2) is 48.5 Å². The van der Waals surface area contributed by atoms with Gasteiger partial charge in [0, 0.05) is 24.3 Å². The molecule has 0 saturated heterocycles. The third kappa shape index (κ3) is 4.30. The SMILES string of the molecule is CCCN(Cc1ccc(-c2ccccc2-c2nn[nH]n2)cc1)c1nc(C(=O)O)c(C)[nH]1. The van der Waals surface area contributed by atoms with E-state index in [9.17, 15) is 9.90 Å². The van der Waals surface area contributed by atoms with Gasteiger partial charge >= 0.3 is 5.97 Å². The van der Waals surface area contributed by atoms with Crippen LogP contribution in [0, 0.1) is 6.92 Å². The van der Waals surface area contributed by atoms with E-state index in [1.807, 2.05) is 24.3 Å². The standard InChI is InChI=1S/C22H23N7O2/c1-3-12-29(22-23-14(2)19(24-22)21(30)31)13-15-8-10-16(11-9-15)17-6-4-5-7-18(17)20-25-27-28-26-20/h4-11H,3,12-13H2,1-2H3,(H,23,24)(H,30,31)(H,25,26,27,28). The van der Waals surface area contributed by atoms with Crippen molar-refractivity contribution in [3.8, 4) is 22.5 Å². The highest BCUT2D eigenvalue weighted by Crippen LogP contribution is 2.30. The Balaban J connectivity index is 1.58. The summed E-state index contributed by atoms with van der Waals surface area (Å²) in [4.78, 5) is 20.8. The van der Waals surface area contributed by atoms with Crippen molar-refractivity contribution in [3.63, 3.8) is 0 Å². The Morgan fingerprint density at radius 2 is 1.84 bits per heavy atom. The van der Waals surface area contributed by atoms with E-state index in [1.165, 1.54) is 0 Å². The van der Waals surface area contributed by atoms with Crippen LogP contribution < -0.4 is 4.90 Å².